The Bertz CT molecular complexity index is 611. The summed E-state index contributed by atoms with van der Waals surface area (Å²) in [4.78, 5) is 0. The van der Waals surface area contributed by atoms with Crippen molar-refractivity contribution in [1.29, 1.82) is 0 Å². The van der Waals surface area contributed by atoms with Gasteiger partial charge in [-0.15, -0.1) is 0 Å². The molecule has 2 aromatic carbocycles. The molecule has 0 bridgehead atoms. The van der Waals surface area contributed by atoms with E-state index < -0.39 is 6.10 Å². The summed E-state index contributed by atoms with van der Waals surface area (Å²) in [6, 6.07) is 11.2. The second-order valence-corrected chi connectivity index (χ2v) is 5.32. The van der Waals surface area contributed by atoms with Crippen molar-refractivity contribution in [3.05, 3.63) is 57.6 Å². The number of halogens is 1. The molecule has 0 aliphatic heterocycles. The Morgan fingerprint density at radius 2 is 1.80 bits per heavy atom. The van der Waals surface area contributed by atoms with Crippen molar-refractivity contribution < 1.29 is 14.6 Å². The molecule has 106 valence electrons. The van der Waals surface area contributed by atoms with Gasteiger partial charge in [-0.05, 0) is 42.3 Å². The summed E-state index contributed by atoms with van der Waals surface area (Å²) in [5, 5.41) is 10.7. The van der Waals surface area contributed by atoms with Crippen LogP contribution >= 0.6 is 15.9 Å². The molecule has 20 heavy (non-hydrogen) atoms. The zero-order valence-electron chi connectivity index (χ0n) is 11.7. The molecule has 1 unspecified atom stereocenters. The van der Waals surface area contributed by atoms with Crippen molar-refractivity contribution >= 4 is 15.9 Å². The van der Waals surface area contributed by atoms with E-state index in [1.54, 1.807) is 26.4 Å². The Hall–Kier alpha value is -1.52. The Morgan fingerprint density at radius 1 is 1.05 bits per heavy atom. The molecule has 0 fully saturated rings. The number of aliphatic hydroxyl groups is 1. The minimum Gasteiger partial charge on any atom is -0.497 e. The van der Waals surface area contributed by atoms with Gasteiger partial charge in [-0.1, -0.05) is 28.1 Å². The molecule has 1 N–H and O–H groups in total. The van der Waals surface area contributed by atoms with Crippen LogP contribution in [0.2, 0.25) is 0 Å². The van der Waals surface area contributed by atoms with Crippen LogP contribution in [0.4, 0.5) is 0 Å². The van der Waals surface area contributed by atoms with Gasteiger partial charge < -0.3 is 14.6 Å². The van der Waals surface area contributed by atoms with Gasteiger partial charge in [-0.3, -0.25) is 0 Å². The molecule has 4 heteroatoms. The second-order valence-electron chi connectivity index (χ2n) is 4.46. The van der Waals surface area contributed by atoms with Crippen LogP contribution in [0.1, 0.15) is 22.8 Å². The molecule has 0 spiro atoms. The highest BCUT2D eigenvalue weighted by molar-refractivity contribution is 9.10. The second kappa shape index (κ2) is 6.29. The van der Waals surface area contributed by atoms with Crippen LogP contribution in [0.3, 0.4) is 0 Å². The van der Waals surface area contributed by atoms with Crippen molar-refractivity contribution in [1.82, 2.24) is 0 Å². The lowest BCUT2D eigenvalue weighted by molar-refractivity contribution is 0.213. The molecule has 2 aromatic rings. The summed E-state index contributed by atoms with van der Waals surface area (Å²) in [6.07, 6.45) is -0.766. The summed E-state index contributed by atoms with van der Waals surface area (Å²) in [6.45, 7) is 1.97. The lowest BCUT2D eigenvalue weighted by atomic mass is 9.96. The molecule has 0 saturated heterocycles. The van der Waals surface area contributed by atoms with Crippen molar-refractivity contribution in [2.45, 2.75) is 13.0 Å². The molecular formula is C16H17BrO3. The normalized spacial score (nSPS) is 12.1. The highest BCUT2D eigenvalue weighted by Crippen LogP contribution is 2.35. The lowest BCUT2D eigenvalue weighted by Gasteiger charge is -2.18. The highest BCUT2D eigenvalue weighted by atomic mass is 79.9. The Morgan fingerprint density at radius 3 is 2.45 bits per heavy atom. The highest BCUT2D eigenvalue weighted by Gasteiger charge is 2.19. The van der Waals surface area contributed by atoms with Gasteiger partial charge in [0.15, 0.2) is 0 Å². The van der Waals surface area contributed by atoms with Crippen LogP contribution < -0.4 is 9.47 Å². The van der Waals surface area contributed by atoms with Crippen molar-refractivity contribution in [3.63, 3.8) is 0 Å². The van der Waals surface area contributed by atoms with E-state index in [1.807, 2.05) is 31.2 Å². The number of hydrogen-bond acceptors (Lipinski definition) is 3. The molecule has 0 aliphatic carbocycles. The summed E-state index contributed by atoms with van der Waals surface area (Å²) in [7, 11) is 3.19. The first kappa shape index (κ1) is 14.9. The van der Waals surface area contributed by atoms with E-state index in [-0.39, 0.29) is 0 Å². The Balaban J connectivity index is 2.51. The average molecular weight is 337 g/mol. The van der Waals surface area contributed by atoms with Gasteiger partial charge in [0.1, 0.15) is 17.6 Å². The minimum atomic E-state index is -0.766. The van der Waals surface area contributed by atoms with E-state index in [1.165, 1.54) is 0 Å². The zero-order chi connectivity index (χ0) is 14.7. The summed E-state index contributed by atoms with van der Waals surface area (Å²) >= 11 is 3.48. The summed E-state index contributed by atoms with van der Waals surface area (Å²) in [5.74, 6) is 1.32. The third kappa shape index (κ3) is 2.81. The van der Waals surface area contributed by atoms with Gasteiger partial charge in [0, 0.05) is 10.0 Å². The topological polar surface area (TPSA) is 38.7 Å². The quantitative estimate of drug-likeness (QED) is 0.921. The molecule has 0 saturated carbocycles. The first-order valence-electron chi connectivity index (χ1n) is 6.23. The molecule has 3 nitrogen and oxygen atoms in total. The minimum absolute atomic E-state index is 0.637. The number of ether oxygens (including phenoxy) is 2. The van der Waals surface area contributed by atoms with Crippen molar-refractivity contribution in [3.8, 4) is 11.5 Å². The van der Waals surface area contributed by atoms with E-state index >= 15 is 0 Å². The number of aliphatic hydroxyl groups excluding tert-OH is 1. The van der Waals surface area contributed by atoms with Crippen molar-refractivity contribution in [2.75, 3.05) is 14.2 Å². The lowest BCUT2D eigenvalue weighted by Crippen LogP contribution is -2.05. The number of benzene rings is 2. The van der Waals surface area contributed by atoms with Gasteiger partial charge in [-0.25, -0.2) is 0 Å². The van der Waals surface area contributed by atoms with Crippen LogP contribution in [0.15, 0.2) is 40.9 Å². The molecule has 0 radical (unpaired) electrons. The number of hydrogen-bond donors (Lipinski definition) is 1. The SMILES string of the molecule is COc1ccc(OC)c(C(O)c2cccc(Br)c2C)c1. The maximum atomic E-state index is 10.7. The zero-order valence-corrected chi connectivity index (χ0v) is 13.3. The fraction of sp³-hybridized carbons (Fsp3) is 0.250. The molecular weight excluding hydrogens is 320 g/mol. The fourth-order valence-corrected chi connectivity index (χ4v) is 2.52. The first-order chi connectivity index (χ1) is 9.58. The van der Waals surface area contributed by atoms with Crippen molar-refractivity contribution in [2.24, 2.45) is 0 Å². The van der Waals surface area contributed by atoms with Gasteiger partial charge in [-0.2, -0.15) is 0 Å². The van der Waals surface area contributed by atoms with Gasteiger partial charge in [0.2, 0.25) is 0 Å². The van der Waals surface area contributed by atoms with E-state index in [0.717, 1.165) is 15.6 Å². The molecule has 0 aromatic heterocycles. The summed E-state index contributed by atoms with van der Waals surface area (Å²) in [5.41, 5.74) is 2.53. The summed E-state index contributed by atoms with van der Waals surface area (Å²) < 4.78 is 11.5. The Kier molecular flexibility index (Phi) is 4.68. The molecule has 0 aliphatic rings. The molecule has 2 rings (SSSR count). The molecule has 0 heterocycles. The van der Waals surface area contributed by atoms with Gasteiger partial charge in [0.05, 0.1) is 14.2 Å². The molecule has 1 atom stereocenters. The number of methoxy groups -OCH3 is 2. The standard InChI is InChI=1S/C16H17BrO3/c1-10-12(5-4-6-14(10)17)16(18)13-9-11(19-2)7-8-15(13)20-3/h4-9,16,18H,1-3H3. The van der Waals surface area contributed by atoms with E-state index in [0.29, 0.717) is 17.1 Å². The third-order valence-corrected chi connectivity index (χ3v) is 4.19. The van der Waals surface area contributed by atoms with E-state index in [9.17, 15) is 5.11 Å². The fourth-order valence-electron chi connectivity index (χ4n) is 2.14. The predicted octanol–water partition coefficient (Wildman–Crippen LogP) is 3.86. The van der Waals surface area contributed by atoms with Crippen LogP contribution in [0.25, 0.3) is 0 Å². The monoisotopic (exact) mass is 336 g/mol. The van der Waals surface area contributed by atoms with E-state index in [2.05, 4.69) is 15.9 Å². The maximum Gasteiger partial charge on any atom is 0.125 e. The Labute approximate surface area is 127 Å². The van der Waals surface area contributed by atoms with Gasteiger partial charge in [0.25, 0.3) is 0 Å². The average Bonchev–Trinajstić information content (AvgIpc) is 2.48. The van der Waals surface area contributed by atoms with Crippen LogP contribution in [-0.4, -0.2) is 19.3 Å². The first-order valence-corrected chi connectivity index (χ1v) is 7.02. The van der Waals surface area contributed by atoms with Crippen LogP contribution in [-0.2, 0) is 0 Å². The largest absolute Gasteiger partial charge is 0.497 e. The smallest absolute Gasteiger partial charge is 0.125 e. The van der Waals surface area contributed by atoms with Gasteiger partial charge >= 0.3 is 0 Å². The van der Waals surface area contributed by atoms with E-state index in [4.69, 9.17) is 9.47 Å². The third-order valence-electron chi connectivity index (χ3n) is 3.34. The van der Waals surface area contributed by atoms with Crippen LogP contribution in [0, 0.1) is 6.92 Å². The number of rotatable bonds is 4. The van der Waals surface area contributed by atoms with Crippen LogP contribution in [0.5, 0.6) is 11.5 Å². The molecule has 0 amide bonds. The predicted molar refractivity (Wildman–Crippen MR) is 82.5 cm³/mol. The maximum absolute atomic E-state index is 10.7.